The van der Waals surface area contributed by atoms with Crippen molar-refractivity contribution in [2.45, 2.75) is 32.3 Å². The van der Waals surface area contributed by atoms with E-state index in [4.69, 9.17) is 4.74 Å². The molecule has 1 saturated heterocycles. The molecule has 1 aliphatic rings. The fourth-order valence-corrected chi connectivity index (χ4v) is 1.76. The van der Waals surface area contributed by atoms with Crippen LogP contribution in [0, 0.1) is 0 Å². The Morgan fingerprint density at radius 3 is 2.81 bits per heavy atom. The summed E-state index contributed by atoms with van der Waals surface area (Å²) in [6, 6.07) is 0. The van der Waals surface area contributed by atoms with Crippen molar-refractivity contribution in [3.8, 4) is 0 Å². The molecule has 16 heavy (non-hydrogen) atoms. The van der Waals surface area contributed by atoms with Crippen molar-refractivity contribution in [1.29, 1.82) is 0 Å². The van der Waals surface area contributed by atoms with E-state index in [-0.39, 0.29) is 6.10 Å². The first kappa shape index (κ1) is 13.0. The first-order chi connectivity index (χ1) is 7.69. The minimum atomic E-state index is -0.795. The minimum absolute atomic E-state index is 0.0577. The van der Waals surface area contributed by atoms with E-state index in [0.717, 1.165) is 19.3 Å². The highest BCUT2D eigenvalue weighted by Gasteiger charge is 2.28. The molecule has 1 amide bonds. The van der Waals surface area contributed by atoms with E-state index in [0.29, 0.717) is 19.7 Å². The third kappa shape index (κ3) is 3.48. The van der Waals surface area contributed by atoms with Crippen molar-refractivity contribution in [1.82, 2.24) is 4.90 Å². The van der Waals surface area contributed by atoms with E-state index in [2.05, 4.69) is 4.74 Å². The Labute approximate surface area is 95.7 Å². The molecule has 0 saturated carbocycles. The van der Waals surface area contributed by atoms with Gasteiger partial charge >= 0.3 is 11.9 Å². The number of esters is 1. The van der Waals surface area contributed by atoms with Gasteiger partial charge in [-0.1, -0.05) is 6.92 Å². The van der Waals surface area contributed by atoms with E-state index >= 15 is 0 Å². The number of ether oxygens (including phenoxy) is 2. The van der Waals surface area contributed by atoms with Gasteiger partial charge < -0.3 is 14.4 Å². The average molecular weight is 229 g/mol. The van der Waals surface area contributed by atoms with Crippen molar-refractivity contribution in [3.05, 3.63) is 0 Å². The van der Waals surface area contributed by atoms with Crippen LogP contribution in [0.1, 0.15) is 26.2 Å². The number of hydrogen-bond acceptors (Lipinski definition) is 4. The number of piperidine rings is 1. The Morgan fingerprint density at radius 2 is 2.19 bits per heavy atom. The molecule has 0 spiro atoms. The van der Waals surface area contributed by atoms with Crippen LogP contribution in [0.15, 0.2) is 0 Å². The fourth-order valence-electron chi connectivity index (χ4n) is 1.76. The Bertz CT molecular complexity index is 254. The highest BCUT2D eigenvalue weighted by Crippen LogP contribution is 2.13. The van der Waals surface area contributed by atoms with Crippen LogP contribution in [0.25, 0.3) is 0 Å². The number of rotatable bonds is 3. The van der Waals surface area contributed by atoms with E-state index < -0.39 is 11.9 Å². The second-order valence-electron chi connectivity index (χ2n) is 3.88. The number of amides is 1. The van der Waals surface area contributed by atoms with E-state index in [1.807, 2.05) is 6.92 Å². The molecule has 0 radical (unpaired) electrons. The van der Waals surface area contributed by atoms with Gasteiger partial charge in [0.15, 0.2) is 0 Å². The maximum Gasteiger partial charge on any atom is 0.396 e. The zero-order valence-electron chi connectivity index (χ0n) is 9.90. The molecule has 0 N–H and O–H groups in total. The second kappa shape index (κ2) is 6.48. The Balaban J connectivity index is 2.43. The molecular weight excluding hydrogens is 210 g/mol. The van der Waals surface area contributed by atoms with Gasteiger partial charge in [0.25, 0.3) is 0 Å². The average Bonchev–Trinajstić information content (AvgIpc) is 2.34. The summed E-state index contributed by atoms with van der Waals surface area (Å²) in [5.41, 5.74) is 0. The van der Waals surface area contributed by atoms with Gasteiger partial charge in [0, 0.05) is 19.7 Å². The van der Waals surface area contributed by atoms with Crippen molar-refractivity contribution >= 4 is 11.9 Å². The first-order valence-corrected chi connectivity index (χ1v) is 5.67. The van der Waals surface area contributed by atoms with Crippen LogP contribution >= 0.6 is 0 Å². The largest absolute Gasteiger partial charge is 0.462 e. The molecular formula is C11H19NO4. The SMILES string of the molecule is CCCOC1CCCN(C(=O)C(=O)OC)C1. The quantitative estimate of drug-likeness (QED) is 0.524. The maximum absolute atomic E-state index is 11.5. The standard InChI is InChI=1S/C11H19NO4/c1-3-7-16-9-5-4-6-12(8-9)10(13)11(14)15-2/h9H,3-8H2,1-2H3. The number of nitrogens with zero attached hydrogens (tertiary/aromatic N) is 1. The van der Waals surface area contributed by atoms with E-state index in [1.54, 1.807) is 0 Å². The third-order valence-electron chi connectivity index (χ3n) is 2.58. The molecule has 1 fully saturated rings. The van der Waals surface area contributed by atoms with E-state index in [9.17, 15) is 9.59 Å². The van der Waals surface area contributed by atoms with Crippen LogP contribution in [0.2, 0.25) is 0 Å². The van der Waals surface area contributed by atoms with Gasteiger partial charge in [-0.3, -0.25) is 4.79 Å². The molecule has 5 nitrogen and oxygen atoms in total. The van der Waals surface area contributed by atoms with Gasteiger partial charge in [-0.25, -0.2) is 4.79 Å². The summed E-state index contributed by atoms with van der Waals surface area (Å²) in [5, 5.41) is 0. The highest BCUT2D eigenvalue weighted by atomic mass is 16.5. The lowest BCUT2D eigenvalue weighted by molar-refractivity contribution is -0.160. The summed E-state index contributed by atoms with van der Waals surface area (Å²) in [7, 11) is 1.22. The molecule has 92 valence electrons. The van der Waals surface area contributed by atoms with E-state index in [1.165, 1.54) is 12.0 Å². The van der Waals surface area contributed by atoms with Crippen LogP contribution < -0.4 is 0 Å². The highest BCUT2D eigenvalue weighted by molar-refractivity contribution is 6.32. The summed E-state index contributed by atoms with van der Waals surface area (Å²) in [5.74, 6) is -1.36. The molecule has 1 unspecified atom stereocenters. The van der Waals surface area contributed by atoms with Gasteiger partial charge in [-0.05, 0) is 19.3 Å². The predicted octanol–water partition coefficient (Wildman–Crippen LogP) is 0.577. The summed E-state index contributed by atoms with van der Waals surface area (Å²) in [6.45, 7) is 3.85. The van der Waals surface area contributed by atoms with Crippen molar-refractivity contribution < 1.29 is 19.1 Å². The third-order valence-corrected chi connectivity index (χ3v) is 2.58. The molecule has 0 aromatic rings. The zero-order valence-corrected chi connectivity index (χ0v) is 9.90. The van der Waals surface area contributed by atoms with Crippen LogP contribution in [0.3, 0.4) is 0 Å². The number of carbonyl (C=O) groups is 2. The number of hydrogen-bond donors (Lipinski definition) is 0. The molecule has 1 rings (SSSR count). The lowest BCUT2D eigenvalue weighted by atomic mass is 10.1. The van der Waals surface area contributed by atoms with Gasteiger partial charge in [0.1, 0.15) is 0 Å². The van der Waals surface area contributed by atoms with Crippen LogP contribution in [-0.4, -0.2) is 49.7 Å². The molecule has 5 heteroatoms. The van der Waals surface area contributed by atoms with Crippen molar-refractivity contribution in [2.75, 3.05) is 26.8 Å². The Morgan fingerprint density at radius 1 is 1.44 bits per heavy atom. The monoisotopic (exact) mass is 229 g/mol. The van der Waals surface area contributed by atoms with Crippen molar-refractivity contribution in [3.63, 3.8) is 0 Å². The molecule has 0 aromatic carbocycles. The van der Waals surface area contributed by atoms with Gasteiger partial charge in [0.2, 0.25) is 0 Å². The summed E-state index contributed by atoms with van der Waals surface area (Å²) in [4.78, 5) is 24.1. The first-order valence-electron chi connectivity index (χ1n) is 5.67. The second-order valence-corrected chi connectivity index (χ2v) is 3.88. The topological polar surface area (TPSA) is 55.8 Å². The van der Waals surface area contributed by atoms with Crippen LogP contribution in [0.4, 0.5) is 0 Å². The van der Waals surface area contributed by atoms with Gasteiger partial charge in [-0.2, -0.15) is 0 Å². The van der Waals surface area contributed by atoms with Gasteiger partial charge in [-0.15, -0.1) is 0 Å². The number of methoxy groups -OCH3 is 1. The van der Waals surface area contributed by atoms with Crippen molar-refractivity contribution in [2.24, 2.45) is 0 Å². The maximum atomic E-state index is 11.5. The summed E-state index contributed by atoms with van der Waals surface area (Å²) < 4.78 is 9.99. The molecule has 0 aliphatic carbocycles. The lowest BCUT2D eigenvalue weighted by Crippen LogP contribution is -2.46. The van der Waals surface area contributed by atoms with Crippen LogP contribution in [-0.2, 0) is 19.1 Å². The Hall–Kier alpha value is -1.10. The predicted molar refractivity (Wildman–Crippen MR) is 57.9 cm³/mol. The zero-order chi connectivity index (χ0) is 12.0. The summed E-state index contributed by atoms with van der Waals surface area (Å²) in [6.07, 6.45) is 2.84. The lowest BCUT2D eigenvalue weighted by Gasteiger charge is -2.31. The molecule has 0 bridgehead atoms. The molecule has 0 aromatic heterocycles. The molecule has 1 heterocycles. The Kier molecular flexibility index (Phi) is 5.25. The minimum Gasteiger partial charge on any atom is -0.462 e. The smallest absolute Gasteiger partial charge is 0.396 e. The molecule has 1 aliphatic heterocycles. The molecule has 1 atom stereocenters. The van der Waals surface area contributed by atoms with Crippen LogP contribution in [0.5, 0.6) is 0 Å². The fraction of sp³-hybridized carbons (Fsp3) is 0.818. The number of likely N-dealkylation sites (tertiary alicyclic amines) is 1. The normalized spacial score (nSPS) is 20.6. The van der Waals surface area contributed by atoms with Gasteiger partial charge in [0.05, 0.1) is 13.2 Å². The summed E-state index contributed by atoms with van der Waals surface area (Å²) >= 11 is 0. The number of carbonyl (C=O) groups excluding carboxylic acids is 2.